The summed E-state index contributed by atoms with van der Waals surface area (Å²) in [5, 5.41) is 0. The van der Waals surface area contributed by atoms with Gasteiger partial charge in [-0.15, -0.1) is 0 Å². The van der Waals surface area contributed by atoms with Gasteiger partial charge in [-0.1, -0.05) is 48.6 Å². The zero-order valence-electron chi connectivity index (χ0n) is 7.45. The van der Waals surface area contributed by atoms with Crippen LogP contribution in [0.1, 0.15) is 25.7 Å². The summed E-state index contributed by atoms with van der Waals surface area (Å²) in [6.07, 6.45) is 22.0. The van der Waals surface area contributed by atoms with Crippen molar-refractivity contribution in [3.63, 3.8) is 0 Å². The van der Waals surface area contributed by atoms with Gasteiger partial charge in [0.25, 0.3) is 0 Å². The summed E-state index contributed by atoms with van der Waals surface area (Å²) in [6.45, 7) is 0. The second kappa shape index (κ2) is 6.66. The molecule has 0 unspecified atom stereocenters. The molecule has 0 fully saturated rings. The number of allylic oxidation sites excluding steroid dienone is 8. The van der Waals surface area contributed by atoms with Gasteiger partial charge in [0.2, 0.25) is 0 Å². The van der Waals surface area contributed by atoms with Crippen LogP contribution >= 0.6 is 0 Å². The van der Waals surface area contributed by atoms with Gasteiger partial charge in [0.05, 0.1) is 0 Å². The molecule has 64 valence electrons. The van der Waals surface area contributed by atoms with E-state index in [0.29, 0.717) is 0 Å². The number of hydrogen-bond donors (Lipinski definition) is 0. The van der Waals surface area contributed by atoms with E-state index >= 15 is 0 Å². The van der Waals surface area contributed by atoms with Crippen LogP contribution in [-0.2, 0) is 0 Å². The molecule has 0 N–H and O–H groups in total. The van der Waals surface area contributed by atoms with E-state index in [1.54, 1.807) is 0 Å². The van der Waals surface area contributed by atoms with Crippen molar-refractivity contribution < 1.29 is 0 Å². The quantitative estimate of drug-likeness (QED) is 0.473. The third-order valence-electron chi connectivity index (χ3n) is 1.79. The van der Waals surface area contributed by atoms with Crippen molar-refractivity contribution in [2.75, 3.05) is 0 Å². The molecule has 0 heterocycles. The highest BCUT2D eigenvalue weighted by molar-refractivity contribution is 5.12. The van der Waals surface area contributed by atoms with Gasteiger partial charge in [-0.05, 0) is 25.7 Å². The lowest BCUT2D eigenvalue weighted by Gasteiger charge is -1.90. The summed E-state index contributed by atoms with van der Waals surface area (Å²) in [4.78, 5) is 0. The maximum absolute atomic E-state index is 2.27. The Kier molecular flexibility index (Phi) is 5.02. The molecular weight excluding hydrogens is 144 g/mol. The predicted octanol–water partition coefficient (Wildman–Crippen LogP) is 3.79. The third kappa shape index (κ3) is 4.73. The average molecular weight is 160 g/mol. The molecule has 0 spiro atoms. The van der Waals surface area contributed by atoms with E-state index in [4.69, 9.17) is 0 Å². The van der Waals surface area contributed by atoms with E-state index in [0.717, 1.165) is 6.42 Å². The molecule has 0 saturated heterocycles. The minimum atomic E-state index is 1.06. The first-order chi connectivity index (χ1) is 6.00. The van der Waals surface area contributed by atoms with Crippen LogP contribution in [0.15, 0.2) is 48.6 Å². The van der Waals surface area contributed by atoms with Crippen LogP contribution in [0.2, 0.25) is 0 Å². The van der Waals surface area contributed by atoms with Crippen molar-refractivity contribution >= 4 is 0 Å². The minimum Gasteiger partial charge on any atom is -0.0882 e. The first-order valence-corrected chi connectivity index (χ1v) is 4.63. The van der Waals surface area contributed by atoms with Crippen LogP contribution in [0.25, 0.3) is 0 Å². The van der Waals surface area contributed by atoms with Crippen LogP contribution in [0.5, 0.6) is 0 Å². The van der Waals surface area contributed by atoms with Gasteiger partial charge < -0.3 is 0 Å². The van der Waals surface area contributed by atoms with Crippen LogP contribution in [0, 0.1) is 0 Å². The monoisotopic (exact) mass is 160 g/mol. The molecule has 1 aliphatic rings. The fourth-order valence-electron chi connectivity index (χ4n) is 1.11. The molecule has 0 bridgehead atoms. The molecule has 0 aromatic rings. The molecule has 0 radical (unpaired) electrons. The summed E-state index contributed by atoms with van der Waals surface area (Å²) >= 11 is 0. The SMILES string of the molecule is C1=C\C=C\CCC/C=C\C/C=C/1. The Labute approximate surface area is 75.0 Å². The molecule has 12 heavy (non-hydrogen) atoms. The van der Waals surface area contributed by atoms with Crippen LogP contribution in [0.3, 0.4) is 0 Å². The maximum atomic E-state index is 2.27. The lowest BCUT2D eigenvalue weighted by atomic mass is 10.2. The zero-order chi connectivity index (χ0) is 8.49. The molecular formula is C12H16. The third-order valence-corrected chi connectivity index (χ3v) is 1.79. The van der Waals surface area contributed by atoms with Gasteiger partial charge in [0, 0.05) is 0 Å². The molecule has 0 aliphatic heterocycles. The minimum absolute atomic E-state index is 1.06. The Balaban J connectivity index is 2.42. The van der Waals surface area contributed by atoms with Crippen molar-refractivity contribution in [2.45, 2.75) is 25.7 Å². The van der Waals surface area contributed by atoms with E-state index in [2.05, 4.69) is 48.6 Å². The number of rotatable bonds is 0. The Morgan fingerprint density at radius 3 is 2.25 bits per heavy atom. The van der Waals surface area contributed by atoms with Gasteiger partial charge >= 0.3 is 0 Å². The number of hydrogen-bond acceptors (Lipinski definition) is 0. The van der Waals surface area contributed by atoms with E-state index < -0.39 is 0 Å². The zero-order valence-corrected chi connectivity index (χ0v) is 7.45. The fraction of sp³-hybridized carbons (Fsp3) is 0.333. The Morgan fingerprint density at radius 1 is 0.583 bits per heavy atom. The summed E-state index contributed by atoms with van der Waals surface area (Å²) < 4.78 is 0. The van der Waals surface area contributed by atoms with Crippen LogP contribution in [0.4, 0.5) is 0 Å². The topological polar surface area (TPSA) is 0 Å². The average Bonchev–Trinajstić information content (AvgIpc) is 2.05. The molecule has 0 nitrogen and oxygen atoms in total. The molecule has 0 atom stereocenters. The summed E-state index contributed by atoms with van der Waals surface area (Å²) in [6, 6.07) is 0. The molecule has 1 rings (SSSR count). The highest BCUT2D eigenvalue weighted by atomic mass is 13.9. The Bertz CT molecular complexity index is 204. The summed E-state index contributed by atoms with van der Waals surface area (Å²) in [5.74, 6) is 0. The van der Waals surface area contributed by atoms with Crippen LogP contribution < -0.4 is 0 Å². The largest absolute Gasteiger partial charge is 0.0882 e. The first kappa shape index (κ1) is 9.05. The predicted molar refractivity (Wildman–Crippen MR) is 55.0 cm³/mol. The van der Waals surface area contributed by atoms with Crippen molar-refractivity contribution in [3.8, 4) is 0 Å². The Morgan fingerprint density at radius 2 is 1.33 bits per heavy atom. The maximum Gasteiger partial charge on any atom is -0.0166 e. The van der Waals surface area contributed by atoms with Gasteiger partial charge in [-0.25, -0.2) is 0 Å². The van der Waals surface area contributed by atoms with Crippen molar-refractivity contribution in [1.82, 2.24) is 0 Å². The van der Waals surface area contributed by atoms with Crippen molar-refractivity contribution in [1.29, 1.82) is 0 Å². The molecule has 0 saturated carbocycles. The van der Waals surface area contributed by atoms with Gasteiger partial charge in [0.1, 0.15) is 0 Å². The summed E-state index contributed by atoms with van der Waals surface area (Å²) in [7, 11) is 0. The lowest BCUT2D eigenvalue weighted by Crippen LogP contribution is -1.69. The highest BCUT2D eigenvalue weighted by Crippen LogP contribution is 2.00. The van der Waals surface area contributed by atoms with Crippen LogP contribution in [-0.4, -0.2) is 0 Å². The summed E-state index contributed by atoms with van der Waals surface area (Å²) in [5.41, 5.74) is 0. The van der Waals surface area contributed by atoms with Crippen molar-refractivity contribution in [2.24, 2.45) is 0 Å². The van der Waals surface area contributed by atoms with Gasteiger partial charge in [0.15, 0.2) is 0 Å². The van der Waals surface area contributed by atoms with E-state index in [9.17, 15) is 0 Å². The fourth-order valence-corrected chi connectivity index (χ4v) is 1.11. The standard InChI is InChI=1S/C12H16/c1-2-4-6-8-10-12-11-9-7-5-3-1/h1-6,9,11H,7-8,10,12H2/b2-1-,5-3+,6-4+,11-9-. The molecule has 0 aromatic heterocycles. The second-order valence-corrected chi connectivity index (χ2v) is 2.88. The van der Waals surface area contributed by atoms with Gasteiger partial charge in [-0.3, -0.25) is 0 Å². The smallest absolute Gasteiger partial charge is 0.0166 e. The second-order valence-electron chi connectivity index (χ2n) is 2.88. The lowest BCUT2D eigenvalue weighted by molar-refractivity contribution is 0.866. The molecule has 0 heteroatoms. The molecule has 0 aromatic carbocycles. The highest BCUT2D eigenvalue weighted by Gasteiger charge is 1.80. The molecule has 1 aliphatic carbocycles. The van der Waals surface area contributed by atoms with E-state index in [1.165, 1.54) is 19.3 Å². The van der Waals surface area contributed by atoms with Gasteiger partial charge in [-0.2, -0.15) is 0 Å². The normalized spacial score (nSPS) is 29.3. The van der Waals surface area contributed by atoms with E-state index in [1.807, 2.05) is 0 Å². The van der Waals surface area contributed by atoms with E-state index in [-0.39, 0.29) is 0 Å². The van der Waals surface area contributed by atoms with Crippen molar-refractivity contribution in [3.05, 3.63) is 48.6 Å². The molecule has 0 amide bonds. The first-order valence-electron chi connectivity index (χ1n) is 4.63. The Hall–Kier alpha value is -1.04.